The highest BCUT2D eigenvalue weighted by atomic mass is 32.2. The van der Waals surface area contributed by atoms with E-state index < -0.39 is 27.3 Å². The highest BCUT2D eigenvalue weighted by molar-refractivity contribution is 7.92. The number of hydrogen-bond donors (Lipinski definition) is 2. The Hall–Kier alpha value is -3.60. The third kappa shape index (κ3) is 7.37. The number of anilines is 1. The molecule has 4 aromatic rings. The first-order chi connectivity index (χ1) is 23.5. The quantitative estimate of drug-likeness (QED) is 0.152. The number of carbonyl (C=O) groups excluding carboxylic acids is 2. The third-order valence-electron chi connectivity index (χ3n) is 10.3. The minimum Gasteiger partial charge on any atom is -0.455 e. The maximum absolute atomic E-state index is 14.4. The minimum atomic E-state index is -3.76. The van der Waals surface area contributed by atoms with Gasteiger partial charge in [0.25, 0.3) is 11.8 Å². The van der Waals surface area contributed by atoms with E-state index in [0.29, 0.717) is 38.9 Å². The summed E-state index contributed by atoms with van der Waals surface area (Å²) in [5.41, 5.74) is 2.31. The lowest BCUT2D eigenvalue weighted by Crippen LogP contribution is -2.71. The Kier molecular flexibility index (Phi) is 10.2. The fourth-order valence-corrected chi connectivity index (χ4v) is 9.67. The van der Waals surface area contributed by atoms with E-state index in [1.807, 2.05) is 6.07 Å². The lowest BCUT2D eigenvalue weighted by molar-refractivity contribution is 0.0895. The largest absolute Gasteiger partial charge is 0.455 e. The van der Waals surface area contributed by atoms with Gasteiger partial charge in [-0.25, -0.2) is 12.8 Å². The SMILES string of the molecule is BC(B)(B)C(NC(=O)c1cccc(-c2cc3c(C(=O)NC)c(-c4ccc(F)cc4)oc3cc2N(CC2CC2)S(C)(=O)=O)c1)(C(B)(B)B)C(B)(B)B. The molecule has 1 heterocycles. The molecule has 0 unspecified atom stereocenters. The van der Waals surface area contributed by atoms with Crippen molar-refractivity contribution in [2.24, 2.45) is 5.92 Å². The molecule has 0 bridgehead atoms. The second-order valence-corrected chi connectivity index (χ2v) is 18.9. The molecule has 1 aromatic heterocycles. The van der Waals surface area contributed by atoms with Gasteiger partial charge in [0.1, 0.15) is 17.2 Å². The van der Waals surface area contributed by atoms with E-state index in [1.165, 1.54) is 41.9 Å². The van der Waals surface area contributed by atoms with E-state index >= 15 is 0 Å². The maximum Gasteiger partial charge on any atom is 0.255 e. The lowest BCUT2D eigenvalue weighted by atomic mass is 9.12. The Morgan fingerprint density at radius 2 is 1.45 bits per heavy atom. The molecule has 2 amide bonds. The summed E-state index contributed by atoms with van der Waals surface area (Å²) in [6, 6.07) is 16.2. The highest BCUT2D eigenvalue weighted by Crippen LogP contribution is 2.53. The van der Waals surface area contributed by atoms with Gasteiger partial charge in [-0.1, -0.05) is 27.5 Å². The van der Waals surface area contributed by atoms with Crippen LogP contribution in [0.3, 0.4) is 0 Å². The van der Waals surface area contributed by atoms with Crippen LogP contribution in [0.1, 0.15) is 33.6 Å². The molecular formula is C32H43B9FN3O5S. The molecule has 0 atom stereocenters. The van der Waals surface area contributed by atoms with E-state index in [2.05, 4.69) is 81.3 Å². The van der Waals surface area contributed by atoms with Gasteiger partial charge in [-0.3, -0.25) is 13.9 Å². The number of furan rings is 1. The standard InChI is InChI=1S/C32H43B9FN3O5S/c1-43-28(47)25-22-13-21(18-4-3-5-19(12-18)27(46)44-29(30(33,34)35,31(36,37)38)32(39,40)41)23(45(51(2,48)49)15-16-6-7-16)14-24(22)50-26(25)17-8-10-20(42)11-9-17/h3-5,8-14,16H,6-7,15,33-41H2,1-2H3,(H,43,47)(H,44,46). The van der Waals surface area contributed by atoms with Gasteiger partial charge in [-0.15, -0.1) is 0 Å². The summed E-state index contributed by atoms with van der Waals surface area (Å²) in [6.07, 6.45) is 3.03. The molecule has 8 nitrogen and oxygen atoms in total. The number of carbonyl (C=O) groups is 2. The first-order valence-electron chi connectivity index (χ1n) is 17.5. The van der Waals surface area contributed by atoms with Crippen LogP contribution in [0.4, 0.5) is 10.1 Å². The van der Waals surface area contributed by atoms with Crippen molar-refractivity contribution < 1.29 is 26.8 Å². The van der Waals surface area contributed by atoms with E-state index in [4.69, 9.17) is 4.42 Å². The Bertz CT molecular complexity index is 2070. The summed E-state index contributed by atoms with van der Waals surface area (Å²) in [5.74, 6) is -0.644. The summed E-state index contributed by atoms with van der Waals surface area (Å²) in [7, 11) is 17.1. The molecule has 0 saturated heterocycles. The minimum absolute atomic E-state index is 0.216. The zero-order chi connectivity index (χ0) is 37.9. The molecule has 1 aliphatic carbocycles. The molecule has 51 heavy (non-hydrogen) atoms. The Morgan fingerprint density at radius 3 is 1.96 bits per heavy atom. The second-order valence-electron chi connectivity index (χ2n) is 17.0. The summed E-state index contributed by atoms with van der Waals surface area (Å²) in [5, 5.41) is 5.65. The van der Waals surface area contributed by atoms with Crippen molar-refractivity contribution in [1.29, 1.82) is 0 Å². The highest BCUT2D eigenvalue weighted by Gasteiger charge is 2.56. The fraction of sp³-hybridized carbons (Fsp3) is 0.312. The van der Waals surface area contributed by atoms with Gasteiger partial charge in [-0.05, 0) is 72.3 Å². The smallest absolute Gasteiger partial charge is 0.255 e. The molecule has 0 spiro atoms. The van der Waals surface area contributed by atoms with Gasteiger partial charge in [0, 0.05) is 41.7 Å². The van der Waals surface area contributed by atoms with Crippen molar-refractivity contribution in [1.82, 2.24) is 10.6 Å². The zero-order valence-electron chi connectivity index (χ0n) is 31.7. The van der Waals surface area contributed by atoms with Crippen LogP contribution in [0.5, 0.6) is 0 Å². The van der Waals surface area contributed by atoms with Gasteiger partial charge in [-0.2, -0.15) is 0 Å². The predicted octanol–water partition coefficient (Wildman–Crippen LogP) is -3.17. The molecule has 1 saturated carbocycles. The van der Waals surface area contributed by atoms with Gasteiger partial charge >= 0.3 is 0 Å². The molecule has 5 rings (SSSR count). The summed E-state index contributed by atoms with van der Waals surface area (Å²) in [6.45, 7) is 0.288. The van der Waals surface area contributed by atoms with Crippen molar-refractivity contribution in [2.75, 3.05) is 24.2 Å². The first-order valence-corrected chi connectivity index (χ1v) is 19.3. The number of sulfonamides is 1. The molecule has 19 heteroatoms. The van der Waals surface area contributed by atoms with Crippen molar-refractivity contribution in [2.45, 2.75) is 33.7 Å². The first kappa shape index (κ1) is 38.6. The average Bonchev–Trinajstić information content (AvgIpc) is 3.77. The van der Waals surface area contributed by atoms with E-state index in [1.54, 1.807) is 30.3 Å². The summed E-state index contributed by atoms with van der Waals surface area (Å²) < 4.78 is 48.5. The van der Waals surface area contributed by atoms with Gasteiger partial charge in [0.15, 0.2) is 0 Å². The molecular weight excluding hydrogens is 655 g/mol. The third-order valence-corrected chi connectivity index (χ3v) is 11.4. The van der Waals surface area contributed by atoms with Crippen LogP contribution in [-0.4, -0.2) is 116 Å². The number of hydrogen-bond acceptors (Lipinski definition) is 5. The van der Waals surface area contributed by atoms with Crippen LogP contribution in [0, 0.1) is 11.7 Å². The zero-order valence-corrected chi connectivity index (χ0v) is 32.6. The Labute approximate surface area is 309 Å². The molecule has 1 aliphatic rings. The van der Waals surface area contributed by atoms with Gasteiger partial charge in [0.05, 0.1) is 88.1 Å². The lowest BCUT2D eigenvalue weighted by Gasteiger charge is -2.63. The number of fused-ring (bicyclic) bond motifs is 1. The monoisotopic (exact) mass is 699 g/mol. The second kappa shape index (κ2) is 13.4. The Morgan fingerprint density at radius 1 is 0.863 bits per heavy atom. The molecule has 256 valence electrons. The van der Waals surface area contributed by atoms with Crippen molar-refractivity contribution >= 4 is 109 Å². The Balaban J connectivity index is 1.76. The predicted molar refractivity (Wildman–Crippen MR) is 231 cm³/mol. The van der Waals surface area contributed by atoms with E-state index in [-0.39, 0.29) is 45.0 Å². The number of nitrogens with one attached hydrogen (secondary N) is 2. The molecule has 1 fully saturated rings. The number of nitrogens with zero attached hydrogens (tertiary/aromatic N) is 1. The summed E-state index contributed by atoms with van der Waals surface area (Å²) >= 11 is 0. The molecule has 0 aliphatic heterocycles. The van der Waals surface area contributed by atoms with E-state index in [0.717, 1.165) is 12.8 Å². The van der Waals surface area contributed by atoms with Crippen LogP contribution < -0.4 is 14.9 Å². The maximum atomic E-state index is 14.4. The number of benzene rings is 3. The van der Waals surface area contributed by atoms with Crippen LogP contribution in [0.15, 0.2) is 65.1 Å². The summed E-state index contributed by atoms with van der Waals surface area (Å²) in [4.78, 5) is 27.8. The molecule has 2 N–H and O–H groups in total. The molecule has 3 aromatic carbocycles. The number of halogens is 1. The van der Waals surface area contributed by atoms with Gasteiger partial charge in [0.2, 0.25) is 10.0 Å². The van der Waals surface area contributed by atoms with Crippen molar-refractivity contribution in [3.63, 3.8) is 0 Å². The van der Waals surface area contributed by atoms with Crippen molar-refractivity contribution in [3.05, 3.63) is 77.6 Å². The van der Waals surface area contributed by atoms with Crippen LogP contribution in [0.25, 0.3) is 33.4 Å². The number of rotatable bonds is 12. The molecule has 0 radical (unpaired) electrons. The van der Waals surface area contributed by atoms with Crippen LogP contribution in [-0.2, 0) is 10.0 Å². The normalized spacial score (nSPS) is 14.3. The van der Waals surface area contributed by atoms with Crippen LogP contribution >= 0.6 is 0 Å². The van der Waals surface area contributed by atoms with Gasteiger partial charge < -0.3 is 15.1 Å². The number of amides is 2. The average molecular weight is 698 g/mol. The fourth-order valence-electron chi connectivity index (χ4n) is 8.68. The van der Waals surface area contributed by atoms with Crippen molar-refractivity contribution in [3.8, 4) is 22.5 Å². The topological polar surface area (TPSA) is 109 Å². The van der Waals surface area contributed by atoms with Crippen LogP contribution in [0.2, 0.25) is 15.3 Å². The van der Waals surface area contributed by atoms with E-state index in [9.17, 15) is 22.4 Å².